The topological polar surface area (TPSA) is 96.7 Å². The number of carbonyl (C=O) groups excluding carboxylic acids is 1. The molecule has 0 aliphatic heterocycles. The van der Waals surface area contributed by atoms with Crippen LogP contribution in [0, 0.1) is 0 Å². The maximum absolute atomic E-state index is 9.71. The number of hydrazone groups is 1. The Kier molecular flexibility index (Phi) is 5.07. The zero-order valence-corrected chi connectivity index (χ0v) is 5.53. The second kappa shape index (κ2) is 5.83. The highest BCUT2D eigenvalue weighted by atomic mass is 16.1. The van der Waals surface area contributed by atoms with Gasteiger partial charge in [-0.25, -0.2) is 11.0 Å². The first-order valence-corrected chi connectivity index (χ1v) is 2.74. The highest BCUT2D eigenvalue weighted by molar-refractivity contribution is 5.50. The molecule has 0 aromatic heterocycles. The summed E-state index contributed by atoms with van der Waals surface area (Å²) in [6, 6.07) is 0. The molecule has 0 aromatic rings. The van der Waals surface area contributed by atoms with E-state index in [1.165, 1.54) is 0 Å². The van der Waals surface area contributed by atoms with Crippen LogP contribution in [0.2, 0.25) is 0 Å². The molecular formula is C4H11N5O. The Labute approximate surface area is 58.8 Å². The van der Waals surface area contributed by atoms with Crippen LogP contribution in [0.5, 0.6) is 0 Å². The average Bonchev–Trinajstić information content (AvgIpc) is 1.89. The number of rotatable bonds is 5. The van der Waals surface area contributed by atoms with Gasteiger partial charge in [0.15, 0.2) is 0 Å². The molecule has 10 heavy (non-hydrogen) atoms. The predicted molar refractivity (Wildman–Crippen MR) is 37.6 cm³/mol. The van der Waals surface area contributed by atoms with Gasteiger partial charge in [0.25, 0.3) is 0 Å². The van der Waals surface area contributed by atoms with Crippen LogP contribution in [-0.2, 0) is 4.79 Å². The van der Waals surface area contributed by atoms with Gasteiger partial charge in [-0.3, -0.25) is 4.79 Å². The van der Waals surface area contributed by atoms with Gasteiger partial charge in [0, 0.05) is 6.54 Å². The smallest absolute Gasteiger partial charge is 0.207 e. The molecule has 6 nitrogen and oxygen atoms in total. The van der Waals surface area contributed by atoms with Crippen molar-refractivity contribution < 1.29 is 4.79 Å². The van der Waals surface area contributed by atoms with E-state index in [-0.39, 0.29) is 0 Å². The number of hydrogen-bond acceptors (Lipinski definition) is 4. The summed E-state index contributed by atoms with van der Waals surface area (Å²) in [6.07, 6.45) is 1.68. The van der Waals surface area contributed by atoms with Gasteiger partial charge < -0.3 is 11.1 Å². The summed E-state index contributed by atoms with van der Waals surface area (Å²) in [6.45, 7) is 0.893. The van der Waals surface area contributed by atoms with Gasteiger partial charge in [-0.1, -0.05) is 0 Å². The van der Waals surface area contributed by atoms with Gasteiger partial charge in [0.1, 0.15) is 6.34 Å². The molecular weight excluding hydrogens is 134 g/mol. The first-order chi connectivity index (χ1) is 4.81. The van der Waals surface area contributed by atoms with E-state index in [1.54, 1.807) is 0 Å². The third-order valence-electron chi connectivity index (χ3n) is 0.784. The molecule has 58 valence electrons. The average molecular weight is 145 g/mol. The van der Waals surface area contributed by atoms with Gasteiger partial charge in [-0.2, -0.15) is 5.10 Å². The summed E-state index contributed by atoms with van der Waals surface area (Å²) in [7, 11) is 0. The summed E-state index contributed by atoms with van der Waals surface area (Å²) in [5, 5.41) is 7.06. The van der Waals surface area contributed by atoms with Gasteiger partial charge >= 0.3 is 0 Å². The molecule has 0 radical (unpaired) electrons. The van der Waals surface area contributed by atoms with Crippen LogP contribution in [0.4, 0.5) is 0 Å². The lowest BCUT2D eigenvalue weighted by Crippen LogP contribution is -2.33. The molecule has 0 saturated carbocycles. The molecule has 1 amide bonds. The van der Waals surface area contributed by atoms with Crippen LogP contribution in [0.1, 0.15) is 0 Å². The zero-order valence-electron chi connectivity index (χ0n) is 5.53. The SMILES string of the molecule is N/C=N\N(N)CCNC=O. The maximum Gasteiger partial charge on any atom is 0.207 e. The summed E-state index contributed by atoms with van der Waals surface area (Å²) >= 11 is 0. The number of carbonyl (C=O) groups is 1. The van der Waals surface area contributed by atoms with Gasteiger partial charge in [0.2, 0.25) is 6.41 Å². The standard InChI is InChI=1S/C4H11N5O/c5-3-8-9(6)2-1-7-4-10/h3-4H,1-2,6H2,(H2,5,8)(H,7,10). The van der Waals surface area contributed by atoms with E-state index in [4.69, 9.17) is 11.6 Å². The molecule has 0 atom stereocenters. The van der Waals surface area contributed by atoms with Crippen molar-refractivity contribution in [1.29, 1.82) is 0 Å². The summed E-state index contributed by atoms with van der Waals surface area (Å²) in [5.41, 5.74) is 4.93. The van der Waals surface area contributed by atoms with E-state index in [1.807, 2.05) is 0 Å². The van der Waals surface area contributed by atoms with Crippen LogP contribution in [-0.4, -0.2) is 31.0 Å². The zero-order chi connectivity index (χ0) is 7.82. The fourth-order valence-corrected chi connectivity index (χ4v) is 0.381. The van der Waals surface area contributed by atoms with Crippen LogP contribution in [0.25, 0.3) is 0 Å². The van der Waals surface area contributed by atoms with Crippen LogP contribution in [0.15, 0.2) is 5.10 Å². The van der Waals surface area contributed by atoms with E-state index in [9.17, 15) is 4.79 Å². The molecule has 0 saturated heterocycles. The van der Waals surface area contributed by atoms with E-state index < -0.39 is 0 Å². The molecule has 0 fully saturated rings. The number of hydrazine groups is 1. The number of amides is 1. The second-order valence-electron chi connectivity index (χ2n) is 1.50. The molecule has 0 spiro atoms. The monoisotopic (exact) mass is 145 g/mol. The molecule has 0 aromatic carbocycles. The summed E-state index contributed by atoms with van der Waals surface area (Å²) in [5.74, 6) is 5.22. The van der Waals surface area contributed by atoms with Crippen molar-refractivity contribution in [1.82, 2.24) is 10.4 Å². The van der Waals surface area contributed by atoms with Crippen molar-refractivity contribution in [2.45, 2.75) is 0 Å². The highest BCUT2D eigenvalue weighted by Gasteiger charge is 1.88. The lowest BCUT2D eigenvalue weighted by Gasteiger charge is -2.09. The largest absolute Gasteiger partial charge is 0.388 e. The van der Waals surface area contributed by atoms with Crippen molar-refractivity contribution >= 4 is 12.7 Å². The minimum absolute atomic E-state index is 0.437. The quantitative estimate of drug-likeness (QED) is 0.102. The molecule has 5 N–H and O–H groups in total. The van der Waals surface area contributed by atoms with Gasteiger partial charge in [-0.05, 0) is 0 Å². The van der Waals surface area contributed by atoms with Crippen molar-refractivity contribution in [2.75, 3.05) is 13.1 Å². The number of nitrogens with one attached hydrogen (secondary N) is 1. The molecule has 0 aliphatic rings. The summed E-state index contributed by atoms with van der Waals surface area (Å²) in [4.78, 5) is 9.71. The number of hydrogen-bond donors (Lipinski definition) is 3. The van der Waals surface area contributed by atoms with Crippen molar-refractivity contribution in [3.63, 3.8) is 0 Å². The number of nitrogens with zero attached hydrogens (tertiary/aromatic N) is 2. The fraction of sp³-hybridized carbons (Fsp3) is 0.500. The Morgan fingerprint density at radius 1 is 1.70 bits per heavy atom. The molecule has 0 bridgehead atoms. The normalized spacial score (nSPS) is 9.70. The van der Waals surface area contributed by atoms with Gasteiger partial charge in [0.05, 0.1) is 6.54 Å². The van der Waals surface area contributed by atoms with Crippen LogP contribution >= 0.6 is 0 Å². The van der Waals surface area contributed by atoms with E-state index >= 15 is 0 Å². The Hall–Kier alpha value is -1.30. The molecule has 0 heterocycles. The van der Waals surface area contributed by atoms with Crippen molar-refractivity contribution in [3.05, 3.63) is 0 Å². The third-order valence-corrected chi connectivity index (χ3v) is 0.784. The molecule has 0 rings (SSSR count). The lowest BCUT2D eigenvalue weighted by atomic mass is 10.6. The number of nitrogens with two attached hydrogens (primary N) is 2. The van der Waals surface area contributed by atoms with E-state index in [0.717, 1.165) is 11.5 Å². The first-order valence-electron chi connectivity index (χ1n) is 2.74. The van der Waals surface area contributed by atoms with Gasteiger partial charge in [-0.15, -0.1) is 0 Å². The van der Waals surface area contributed by atoms with Crippen LogP contribution in [0.3, 0.4) is 0 Å². The maximum atomic E-state index is 9.71. The second-order valence-corrected chi connectivity index (χ2v) is 1.50. The Balaban J connectivity index is 3.20. The van der Waals surface area contributed by atoms with E-state index in [2.05, 4.69) is 10.4 Å². The lowest BCUT2D eigenvalue weighted by molar-refractivity contribution is -0.109. The first kappa shape index (κ1) is 8.70. The molecule has 0 aliphatic carbocycles. The highest BCUT2D eigenvalue weighted by Crippen LogP contribution is 1.72. The van der Waals surface area contributed by atoms with Crippen molar-refractivity contribution in [2.24, 2.45) is 16.7 Å². The molecule has 0 unspecified atom stereocenters. The summed E-state index contributed by atoms with van der Waals surface area (Å²) < 4.78 is 0. The fourth-order valence-electron chi connectivity index (χ4n) is 0.381. The third kappa shape index (κ3) is 4.85. The van der Waals surface area contributed by atoms with Crippen molar-refractivity contribution in [3.8, 4) is 0 Å². The molecule has 6 heteroatoms. The minimum Gasteiger partial charge on any atom is -0.388 e. The Morgan fingerprint density at radius 2 is 2.40 bits per heavy atom. The minimum atomic E-state index is 0.437. The Morgan fingerprint density at radius 3 is 2.90 bits per heavy atom. The van der Waals surface area contributed by atoms with Crippen LogP contribution < -0.4 is 16.9 Å². The predicted octanol–water partition coefficient (Wildman–Crippen LogP) is -2.19. The van der Waals surface area contributed by atoms with E-state index in [0.29, 0.717) is 19.5 Å². The Bertz CT molecular complexity index is 114.